The van der Waals surface area contributed by atoms with Crippen molar-refractivity contribution in [1.82, 2.24) is 0 Å². The molecule has 0 aromatic heterocycles. The molecule has 0 unspecified atom stereocenters. The fourth-order valence-electron chi connectivity index (χ4n) is 3.86. The Hall–Kier alpha value is -2.08. The molecule has 0 N–H and O–H groups in total. The summed E-state index contributed by atoms with van der Waals surface area (Å²) in [6.07, 6.45) is 12.2. The van der Waals surface area contributed by atoms with Crippen LogP contribution in [0.1, 0.15) is 47.9 Å². The van der Waals surface area contributed by atoms with Gasteiger partial charge in [0.2, 0.25) is 0 Å². The van der Waals surface area contributed by atoms with Crippen molar-refractivity contribution in [1.29, 1.82) is 0 Å². The summed E-state index contributed by atoms with van der Waals surface area (Å²) >= 11 is 0. The van der Waals surface area contributed by atoms with Crippen LogP contribution in [0.2, 0.25) is 0 Å². The molecule has 0 saturated carbocycles. The van der Waals surface area contributed by atoms with Crippen LogP contribution in [-0.4, -0.2) is 0 Å². The standard InChI is InChI=1S/C22H22/c1-3-13-21-17(7-1)9-5-11-19(21)15-16-20-12-6-10-18-8-2-4-14-22(18)20/h1-4,7-8,13-16H,5-6,9-12H2/b19-15+,20-16+. The van der Waals surface area contributed by atoms with E-state index in [1.807, 2.05) is 0 Å². The molecule has 0 saturated heterocycles. The minimum atomic E-state index is 1.21. The fraction of sp³-hybridized carbons (Fsp3) is 0.273. The van der Waals surface area contributed by atoms with Gasteiger partial charge in [0.1, 0.15) is 0 Å². The van der Waals surface area contributed by atoms with Crippen LogP contribution in [-0.2, 0) is 12.8 Å². The van der Waals surface area contributed by atoms with Gasteiger partial charge in [0.05, 0.1) is 0 Å². The molecule has 0 radical (unpaired) electrons. The molecule has 0 bridgehead atoms. The lowest BCUT2D eigenvalue weighted by Gasteiger charge is -2.20. The van der Waals surface area contributed by atoms with E-state index in [9.17, 15) is 0 Å². The van der Waals surface area contributed by atoms with Gasteiger partial charge in [0, 0.05) is 0 Å². The van der Waals surface area contributed by atoms with Gasteiger partial charge >= 0.3 is 0 Å². The third-order valence-electron chi connectivity index (χ3n) is 5.00. The van der Waals surface area contributed by atoms with Crippen LogP contribution in [0.5, 0.6) is 0 Å². The molecule has 0 heteroatoms. The summed E-state index contributed by atoms with van der Waals surface area (Å²) in [7, 11) is 0. The van der Waals surface area contributed by atoms with Crippen molar-refractivity contribution >= 4 is 11.1 Å². The summed E-state index contributed by atoms with van der Waals surface area (Å²) in [6.45, 7) is 0. The second-order valence-corrected chi connectivity index (χ2v) is 6.41. The van der Waals surface area contributed by atoms with E-state index in [1.54, 1.807) is 0 Å². The Bertz CT molecular complexity index is 681. The third kappa shape index (κ3) is 2.54. The molecule has 0 amide bonds. The molecule has 0 aliphatic heterocycles. The van der Waals surface area contributed by atoms with Crippen LogP contribution in [0, 0.1) is 0 Å². The Kier molecular flexibility index (Phi) is 3.68. The molecular weight excluding hydrogens is 264 g/mol. The highest BCUT2D eigenvalue weighted by Gasteiger charge is 2.14. The van der Waals surface area contributed by atoms with Crippen molar-refractivity contribution < 1.29 is 0 Å². The monoisotopic (exact) mass is 286 g/mol. The van der Waals surface area contributed by atoms with Crippen molar-refractivity contribution in [3.8, 4) is 0 Å². The molecule has 2 aromatic rings. The first kappa shape index (κ1) is 13.6. The van der Waals surface area contributed by atoms with E-state index in [-0.39, 0.29) is 0 Å². The maximum Gasteiger partial charge on any atom is -0.0192 e. The number of aryl methyl sites for hydroxylation is 2. The van der Waals surface area contributed by atoms with Gasteiger partial charge in [-0.1, -0.05) is 60.7 Å². The van der Waals surface area contributed by atoms with E-state index in [0.717, 1.165) is 0 Å². The van der Waals surface area contributed by atoms with E-state index in [1.165, 1.54) is 71.9 Å². The smallest absolute Gasteiger partial charge is 0.0192 e. The van der Waals surface area contributed by atoms with Crippen molar-refractivity contribution in [3.05, 3.63) is 82.9 Å². The van der Waals surface area contributed by atoms with E-state index >= 15 is 0 Å². The van der Waals surface area contributed by atoms with Crippen molar-refractivity contribution in [2.24, 2.45) is 0 Å². The molecule has 0 nitrogen and oxygen atoms in total. The number of fused-ring (bicyclic) bond motifs is 2. The fourth-order valence-corrected chi connectivity index (χ4v) is 3.86. The van der Waals surface area contributed by atoms with Crippen LogP contribution in [0.4, 0.5) is 0 Å². The summed E-state index contributed by atoms with van der Waals surface area (Å²) in [5, 5.41) is 0. The van der Waals surface area contributed by atoms with Gasteiger partial charge in [-0.2, -0.15) is 0 Å². The Labute approximate surface area is 133 Å². The number of hydrogen-bond donors (Lipinski definition) is 0. The van der Waals surface area contributed by atoms with Gasteiger partial charge in [-0.3, -0.25) is 0 Å². The molecule has 22 heavy (non-hydrogen) atoms. The number of hydrogen-bond acceptors (Lipinski definition) is 0. The van der Waals surface area contributed by atoms with Crippen LogP contribution >= 0.6 is 0 Å². The second-order valence-electron chi connectivity index (χ2n) is 6.41. The summed E-state index contributed by atoms with van der Waals surface area (Å²) in [5.41, 5.74) is 8.99. The maximum absolute atomic E-state index is 2.38. The molecule has 0 heterocycles. The number of allylic oxidation sites excluding steroid dienone is 4. The van der Waals surface area contributed by atoms with Gasteiger partial charge < -0.3 is 0 Å². The lowest BCUT2D eigenvalue weighted by Crippen LogP contribution is -2.02. The Morgan fingerprint density at radius 3 is 1.50 bits per heavy atom. The topological polar surface area (TPSA) is 0 Å². The zero-order chi connectivity index (χ0) is 14.8. The summed E-state index contributed by atoms with van der Waals surface area (Å²) in [5.74, 6) is 0. The minimum Gasteiger partial charge on any atom is -0.0620 e. The van der Waals surface area contributed by atoms with Crippen LogP contribution in [0.3, 0.4) is 0 Å². The van der Waals surface area contributed by atoms with Crippen molar-refractivity contribution in [3.63, 3.8) is 0 Å². The molecule has 0 spiro atoms. The normalized spacial score (nSPS) is 20.7. The zero-order valence-electron chi connectivity index (χ0n) is 13.0. The van der Waals surface area contributed by atoms with E-state index in [0.29, 0.717) is 0 Å². The molecule has 0 fully saturated rings. The Morgan fingerprint density at radius 2 is 1.00 bits per heavy atom. The first-order valence-corrected chi connectivity index (χ1v) is 8.48. The molecule has 0 atom stereocenters. The molecule has 2 aliphatic rings. The average Bonchev–Trinajstić information content (AvgIpc) is 2.60. The predicted molar refractivity (Wildman–Crippen MR) is 94.7 cm³/mol. The summed E-state index contributed by atoms with van der Waals surface area (Å²) in [6, 6.07) is 17.8. The van der Waals surface area contributed by atoms with Gasteiger partial charge in [0.15, 0.2) is 0 Å². The molecule has 2 aromatic carbocycles. The van der Waals surface area contributed by atoms with Crippen LogP contribution in [0.15, 0.2) is 60.7 Å². The van der Waals surface area contributed by atoms with E-state index < -0.39 is 0 Å². The summed E-state index contributed by atoms with van der Waals surface area (Å²) in [4.78, 5) is 0. The molecular formula is C22H22. The number of benzene rings is 2. The van der Waals surface area contributed by atoms with Crippen molar-refractivity contribution in [2.45, 2.75) is 38.5 Å². The van der Waals surface area contributed by atoms with Crippen molar-refractivity contribution in [2.75, 3.05) is 0 Å². The molecule has 2 aliphatic carbocycles. The lowest BCUT2D eigenvalue weighted by molar-refractivity contribution is 0.819. The first-order chi connectivity index (χ1) is 10.9. The third-order valence-corrected chi connectivity index (χ3v) is 5.00. The van der Waals surface area contributed by atoms with E-state index in [2.05, 4.69) is 60.7 Å². The Morgan fingerprint density at radius 1 is 0.545 bits per heavy atom. The van der Waals surface area contributed by atoms with Gasteiger partial charge in [-0.25, -0.2) is 0 Å². The quantitative estimate of drug-likeness (QED) is 0.619. The van der Waals surface area contributed by atoms with E-state index in [4.69, 9.17) is 0 Å². The lowest BCUT2D eigenvalue weighted by atomic mass is 9.85. The second kappa shape index (κ2) is 5.96. The highest BCUT2D eigenvalue weighted by molar-refractivity contribution is 5.76. The predicted octanol–water partition coefficient (Wildman–Crippen LogP) is 5.83. The average molecular weight is 286 g/mol. The first-order valence-electron chi connectivity index (χ1n) is 8.48. The molecule has 110 valence electrons. The SMILES string of the molecule is C(/C=C1\CCCc2ccccc21)=C1/CCCc2ccccc21. The largest absolute Gasteiger partial charge is 0.0620 e. The van der Waals surface area contributed by atoms with Gasteiger partial charge in [-0.05, 0) is 71.9 Å². The highest BCUT2D eigenvalue weighted by Crippen LogP contribution is 2.33. The highest BCUT2D eigenvalue weighted by atomic mass is 14.2. The van der Waals surface area contributed by atoms with Crippen LogP contribution in [0.25, 0.3) is 11.1 Å². The van der Waals surface area contributed by atoms with Crippen LogP contribution < -0.4 is 0 Å². The Balaban J connectivity index is 1.71. The molecule has 4 rings (SSSR count). The number of rotatable bonds is 1. The van der Waals surface area contributed by atoms with Gasteiger partial charge in [-0.15, -0.1) is 0 Å². The van der Waals surface area contributed by atoms with Gasteiger partial charge in [0.25, 0.3) is 0 Å². The zero-order valence-corrected chi connectivity index (χ0v) is 13.0. The minimum absolute atomic E-state index is 1.21. The summed E-state index contributed by atoms with van der Waals surface area (Å²) < 4.78 is 0. The maximum atomic E-state index is 2.38.